The smallest absolute Gasteiger partial charge is 0.256 e. The van der Waals surface area contributed by atoms with Crippen LogP contribution in [0.3, 0.4) is 0 Å². The second-order valence-electron chi connectivity index (χ2n) is 8.25. The third-order valence-corrected chi connectivity index (χ3v) is 5.92. The van der Waals surface area contributed by atoms with Gasteiger partial charge in [-0.25, -0.2) is 9.97 Å². The highest BCUT2D eigenvalue weighted by Gasteiger charge is 2.25. The fraction of sp³-hybridized carbons (Fsp3) is 0.360. The molecule has 0 spiro atoms. The summed E-state index contributed by atoms with van der Waals surface area (Å²) in [7, 11) is 2.05. The van der Waals surface area contributed by atoms with Crippen molar-refractivity contribution in [2.45, 2.75) is 51.6 Å². The minimum absolute atomic E-state index is 0.169. The van der Waals surface area contributed by atoms with E-state index in [9.17, 15) is 4.79 Å². The van der Waals surface area contributed by atoms with Gasteiger partial charge in [-0.3, -0.25) is 9.78 Å². The zero-order chi connectivity index (χ0) is 21.6. The molecule has 1 fully saturated rings. The fourth-order valence-electron chi connectivity index (χ4n) is 4.15. The molecule has 1 aliphatic rings. The number of rotatable bonds is 6. The summed E-state index contributed by atoms with van der Waals surface area (Å²) in [5, 5.41) is 3.00. The van der Waals surface area contributed by atoms with Crippen LogP contribution in [0.25, 0.3) is 11.4 Å². The first-order valence-corrected chi connectivity index (χ1v) is 11.0. The molecule has 6 heteroatoms. The summed E-state index contributed by atoms with van der Waals surface area (Å²) in [6, 6.07) is 12.3. The van der Waals surface area contributed by atoms with E-state index in [1.807, 2.05) is 24.3 Å². The van der Waals surface area contributed by atoms with Crippen molar-refractivity contribution in [3.8, 4) is 11.4 Å². The van der Waals surface area contributed by atoms with Gasteiger partial charge in [-0.1, -0.05) is 49.1 Å². The first-order valence-electron chi connectivity index (χ1n) is 11.0. The van der Waals surface area contributed by atoms with E-state index in [-0.39, 0.29) is 5.91 Å². The van der Waals surface area contributed by atoms with Gasteiger partial charge in [-0.15, -0.1) is 0 Å². The maximum absolute atomic E-state index is 13.1. The van der Waals surface area contributed by atoms with E-state index in [1.165, 1.54) is 19.3 Å². The number of anilines is 1. The number of aromatic nitrogens is 3. The molecular weight excluding hydrogens is 386 g/mol. The largest absolute Gasteiger partial charge is 0.356 e. The molecule has 0 aliphatic heterocycles. The molecule has 160 valence electrons. The average Bonchev–Trinajstić information content (AvgIpc) is 2.83. The third kappa shape index (κ3) is 5.08. The lowest BCUT2D eigenvalue weighted by Gasteiger charge is -2.33. The maximum Gasteiger partial charge on any atom is 0.256 e. The molecule has 1 aromatic carbocycles. The number of carbonyl (C=O) groups is 1. The third-order valence-electron chi connectivity index (χ3n) is 5.92. The summed E-state index contributed by atoms with van der Waals surface area (Å²) >= 11 is 0. The Balaban J connectivity index is 1.64. The molecule has 2 heterocycles. The number of benzene rings is 1. The van der Waals surface area contributed by atoms with Gasteiger partial charge >= 0.3 is 0 Å². The molecule has 1 N–H and O–H groups in total. The van der Waals surface area contributed by atoms with E-state index >= 15 is 0 Å². The Morgan fingerprint density at radius 3 is 2.71 bits per heavy atom. The second-order valence-corrected chi connectivity index (χ2v) is 8.25. The van der Waals surface area contributed by atoms with Crippen molar-refractivity contribution in [1.82, 2.24) is 20.3 Å². The van der Waals surface area contributed by atoms with Gasteiger partial charge in [-0.05, 0) is 37.5 Å². The van der Waals surface area contributed by atoms with Gasteiger partial charge in [0, 0.05) is 43.8 Å². The Kier molecular flexibility index (Phi) is 6.55. The highest BCUT2D eigenvalue weighted by atomic mass is 16.1. The molecule has 0 saturated heterocycles. The molecule has 2 aromatic heterocycles. The van der Waals surface area contributed by atoms with Crippen LogP contribution in [-0.4, -0.2) is 33.9 Å². The number of carbonyl (C=O) groups excluding carboxylic acids is 1. The van der Waals surface area contributed by atoms with Crippen molar-refractivity contribution >= 4 is 11.7 Å². The van der Waals surface area contributed by atoms with Crippen molar-refractivity contribution < 1.29 is 4.79 Å². The van der Waals surface area contributed by atoms with Gasteiger partial charge in [0.15, 0.2) is 5.82 Å². The highest BCUT2D eigenvalue weighted by Crippen LogP contribution is 2.29. The van der Waals surface area contributed by atoms with Crippen molar-refractivity contribution in [2.24, 2.45) is 0 Å². The lowest BCUT2D eigenvalue weighted by atomic mass is 9.94. The van der Waals surface area contributed by atoms with Gasteiger partial charge in [0.05, 0.1) is 0 Å². The van der Waals surface area contributed by atoms with Gasteiger partial charge in [0.1, 0.15) is 11.4 Å². The Hall–Kier alpha value is -3.28. The number of amides is 1. The zero-order valence-corrected chi connectivity index (χ0v) is 18.2. The molecule has 0 unspecified atom stereocenters. The molecule has 0 radical (unpaired) electrons. The number of hydrogen-bond donors (Lipinski definition) is 1. The molecule has 0 bridgehead atoms. The van der Waals surface area contributed by atoms with E-state index in [4.69, 9.17) is 4.98 Å². The molecule has 0 atom stereocenters. The summed E-state index contributed by atoms with van der Waals surface area (Å²) in [6.07, 6.45) is 11.1. The average molecular weight is 416 g/mol. The van der Waals surface area contributed by atoms with Crippen LogP contribution in [-0.2, 0) is 6.54 Å². The van der Waals surface area contributed by atoms with Gasteiger partial charge in [0.25, 0.3) is 5.91 Å². The maximum atomic E-state index is 13.1. The first-order chi connectivity index (χ1) is 15.1. The topological polar surface area (TPSA) is 71.0 Å². The van der Waals surface area contributed by atoms with Crippen LogP contribution in [0.2, 0.25) is 0 Å². The van der Waals surface area contributed by atoms with E-state index in [1.54, 1.807) is 18.6 Å². The Labute approximate surface area is 183 Å². The molecule has 6 nitrogen and oxygen atoms in total. The van der Waals surface area contributed by atoms with Crippen LogP contribution in [0.5, 0.6) is 0 Å². The van der Waals surface area contributed by atoms with E-state index < -0.39 is 0 Å². The summed E-state index contributed by atoms with van der Waals surface area (Å²) < 4.78 is 0. The Bertz CT molecular complexity index is 1030. The fourth-order valence-corrected chi connectivity index (χ4v) is 4.15. The predicted octanol–water partition coefficient (Wildman–Crippen LogP) is 4.55. The van der Waals surface area contributed by atoms with Crippen LogP contribution in [0, 0.1) is 6.92 Å². The van der Waals surface area contributed by atoms with Crippen LogP contribution < -0.4 is 10.2 Å². The zero-order valence-electron chi connectivity index (χ0n) is 18.2. The second kappa shape index (κ2) is 9.69. The Morgan fingerprint density at radius 2 is 1.97 bits per heavy atom. The SMILES string of the molecule is Cc1cccc(-c2ncc(C(=O)NCc3cccnc3)c(N(C)C3CCCCC3)n2)c1. The molecule has 4 rings (SSSR count). The lowest BCUT2D eigenvalue weighted by Crippen LogP contribution is -2.36. The standard InChI is InChI=1S/C25H29N5O/c1-18-8-6-10-20(14-18)23-27-17-22(25(31)28-16-19-9-7-13-26-15-19)24(29-23)30(2)21-11-4-3-5-12-21/h6-10,13-15,17,21H,3-5,11-12,16H2,1-2H3,(H,28,31). The highest BCUT2D eigenvalue weighted by molar-refractivity contribution is 5.98. The number of nitrogens with one attached hydrogen (secondary N) is 1. The van der Waals surface area contributed by atoms with Crippen molar-refractivity contribution in [3.05, 3.63) is 71.7 Å². The van der Waals surface area contributed by atoms with E-state index in [0.717, 1.165) is 29.5 Å². The summed E-state index contributed by atoms with van der Waals surface area (Å²) in [5.41, 5.74) is 3.57. The number of nitrogens with zero attached hydrogens (tertiary/aromatic N) is 4. The Morgan fingerprint density at radius 1 is 1.13 bits per heavy atom. The summed E-state index contributed by atoms with van der Waals surface area (Å²) in [5.74, 6) is 1.17. The van der Waals surface area contributed by atoms with Crippen LogP contribution in [0.15, 0.2) is 55.0 Å². The van der Waals surface area contributed by atoms with Crippen LogP contribution >= 0.6 is 0 Å². The van der Waals surface area contributed by atoms with E-state index in [2.05, 4.69) is 46.3 Å². The first kappa shape index (κ1) is 21.0. The van der Waals surface area contributed by atoms with Crippen molar-refractivity contribution in [1.29, 1.82) is 0 Å². The number of pyridine rings is 1. The molecule has 1 aliphatic carbocycles. The molecule has 1 saturated carbocycles. The van der Waals surface area contributed by atoms with Crippen molar-refractivity contribution in [2.75, 3.05) is 11.9 Å². The molecular formula is C25H29N5O. The normalized spacial score (nSPS) is 14.3. The van der Waals surface area contributed by atoms with Crippen LogP contribution in [0.4, 0.5) is 5.82 Å². The van der Waals surface area contributed by atoms with Crippen molar-refractivity contribution in [3.63, 3.8) is 0 Å². The molecule has 3 aromatic rings. The van der Waals surface area contributed by atoms with Gasteiger partial charge < -0.3 is 10.2 Å². The van der Waals surface area contributed by atoms with Crippen LogP contribution in [0.1, 0.15) is 53.6 Å². The number of aryl methyl sites for hydroxylation is 1. The minimum Gasteiger partial charge on any atom is -0.356 e. The quantitative estimate of drug-likeness (QED) is 0.640. The molecule has 31 heavy (non-hydrogen) atoms. The molecule has 1 amide bonds. The summed E-state index contributed by atoms with van der Waals surface area (Å²) in [4.78, 5) is 28.8. The number of hydrogen-bond acceptors (Lipinski definition) is 5. The minimum atomic E-state index is -0.169. The monoisotopic (exact) mass is 415 g/mol. The van der Waals surface area contributed by atoms with Gasteiger partial charge in [0.2, 0.25) is 0 Å². The summed E-state index contributed by atoms with van der Waals surface area (Å²) in [6.45, 7) is 2.47. The van der Waals surface area contributed by atoms with Gasteiger partial charge in [-0.2, -0.15) is 0 Å². The van der Waals surface area contributed by atoms with E-state index in [0.29, 0.717) is 29.8 Å². The predicted molar refractivity (Wildman–Crippen MR) is 123 cm³/mol. The lowest BCUT2D eigenvalue weighted by molar-refractivity contribution is 0.0950.